The molecule has 0 aliphatic rings. The molecule has 0 aromatic carbocycles. The van der Waals surface area contributed by atoms with Crippen LogP contribution in [0.1, 0.15) is 26.3 Å². The minimum absolute atomic E-state index is 0.263. The van der Waals surface area contributed by atoms with Gasteiger partial charge in [-0.3, -0.25) is 0 Å². The van der Waals surface area contributed by atoms with Crippen LogP contribution in [0, 0.1) is 0 Å². The fourth-order valence-electron chi connectivity index (χ4n) is 1.34. The maximum Gasteiger partial charge on any atom is 0.298 e. The molecule has 0 radical (unpaired) electrons. The Morgan fingerprint density at radius 3 is 2.00 bits per heavy atom. The van der Waals surface area contributed by atoms with Crippen LogP contribution in [-0.2, 0) is 22.2 Å². The van der Waals surface area contributed by atoms with Crippen LogP contribution < -0.4 is 4.57 Å². The first-order chi connectivity index (χ1) is 6.39. The highest BCUT2D eigenvalue weighted by Crippen LogP contribution is 2.20. The third-order valence-corrected chi connectivity index (χ3v) is 2.98. The first-order valence-electron chi connectivity index (χ1n) is 4.93. The highest BCUT2D eigenvalue weighted by molar-refractivity contribution is 7.94. The molecule has 1 rings (SSSR count). The first kappa shape index (κ1) is 11.6. The van der Waals surface area contributed by atoms with Gasteiger partial charge in [-0.05, 0) is 11.0 Å². The summed E-state index contributed by atoms with van der Waals surface area (Å²) in [7, 11) is 0.469. The van der Waals surface area contributed by atoms with Crippen LogP contribution in [-0.4, -0.2) is 12.5 Å². The minimum atomic E-state index is 0.263. The van der Waals surface area contributed by atoms with Crippen molar-refractivity contribution in [2.45, 2.75) is 32.1 Å². The molecule has 0 fully saturated rings. The Morgan fingerprint density at radius 1 is 1.14 bits per heavy atom. The van der Waals surface area contributed by atoms with E-state index in [-0.39, 0.29) is 5.41 Å². The second-order valence-electron chi connectivity index (χ2n) is 4.97. The Kier molecular flexibility index (Phi) is 3.59. The van der Waals surface area contributed by atoms with E-state index in [1.807, 2.05) is 0 Å². The van der Waals surface area contributed by atoms with E-state index in [9.17, 15) is 0 Å². The average molecular weight is 211 g/mol. The van der Waals surface area contributed by atoms with Crippen LogP contribution in [0.3, 0.4) is 0 Å². The summed E-state index contributed by atoms with van der Waals surface area (Å²) in [4.78, 5) is 0. The van der Waals surface area contributed by atoms with E-state index in [2.05, 4.69) is 62.4 Å². The van der Waals surface area contributed by atoms with E-state index >= 15 is 0 Å². The maximum absolute atomic E-state index is 2.27. The summed E-state index contributed by atoms with van der Waals surface area (Å²) < 4.78 is 2.26. The predicted molar refractivity (Wildman–Crippen MR) is 64.6 cm³/mol. The molecule has 0 bridgehead atoms. The highest BCUT2D eigenvalue weighted by atomic mass is 32.2. The van der Waals surface area contributed by atoms with Gasteiger partial charge >= 0.3 is 0 Å². The summed E-state index contributed by atoms with van der Waals surface area (Å²) in [5, 5.41) is 0. The standard InChI is InChI=1S/C12H21NS/c1-12(2,3)11-6-8-13(9-7-11)10-14(4)5/h6-9H,10H2,1-5H3/q+2. The van der Waals surface area contributed by atoms with Gasteiger partial charge in [0.05, 0.1) is 0 Å². The molecule has 0 N–H and O–H groups in total. The molecule has 0 aliphatic heterocycles. The van der Waals surface area contributed by atoms with Crippen molar-refractivity contribution in [2.24, 2.45) is 0 Å². The van der Waals surface area contributed by atoms with Crippen LogP contribution in [0.4, 0.5) is 0 Å². The van der Waals surface area contributed by atoms with Gasteiger partial charge in [0.15, 0.2) is 12.4 Å². The largest absolute Gasteiger partial charge is 0.298 e. The third-order valence-electron chi connectivity index (χ3n) is 2.16. The molecule has 1 aromatic rings. The van der Waals surface area contributed by atoms with Crippen LogP contribution in [0.15, 0.2) is 24.5 Å². The topological polar surface area (TPSA) is 3.88 Å². The molecule has 1 aromatic heterocycles. The van der Waals surface area contributed by atoms with Crippen molar-refractivity contribution in [3.05, 3.63) is 30.1 Å². The zero-order chi connectivity index (χ0) is 10.8. The molecule has 0 saturated heterocycles. The molecule has 0 atom stereocenters. The molecule has 14 heavy (non-hydrogen) atoms. The lowest BCUT2D eigenvalue weighted by molar-refractivity contribution is -0.676. The highest BCUT2D eigenvalue weighted by Gasteiger charge is 2.16. The SMILES string of the molecule is C[S+](C)C[n+]1ccc(C(C)(C)C)cc1. The Labute approximate surface area is 90.5 Å². The lowest BCUT2D eigenvalue weighted by Crippen LogP contribution is -2.36. The van der Waals surface area contributed by atoms with Gasteiger partial charge in [0, 0.05) is 23.0 Å². The fourth-order valence-corrected chi connectivity index (χ4v) is 2.11. The van der Waals surface area contributed by atoms with E-state index in [0.717, 1.165) is 5.88 Å². The van der Waals surface area contributed by atoms with E-state index < -0.39 is 0 Å². The lowest BCUT2D eigenvalue weighted by Gasteiger charge is -2.17. The van der Waals surface area contributed by atoms with E-state index in [1.165, 1.54) is 5.56 Å². The van der Waals surface area contributed by atoms with Gasteiger partial charge in [0.1, 0.15) is 12.5 Å². The monoisotopic (exact) mass is 211 g/mol. The average Bonchev–Trinajstić information content (AvgIpc) is 2.02. The zero-order valence-corrected chi connectivity index (χ0v) is 10.7. The molecule has 0 spiro atoms. The first-order valence-corrected chi connectivity index (χ1v) is 7.14. The quantitative estimate of drug-likeness (QED) is 0.521. The van der Waals surface area contributed by atoms with Crippen molar-refractivity contribution >= 4 is 10.9 Å². The Hall–Kier alpha value is -0.500. The summed E-state index contributed by atoms with van der Waals surface area (Å²) in [6.45, 7) is 6.74. The van der Waals surface area contributed by atoms with Gasteiger partial charge < -0.3 is 0 Å². The molecule has 0 unspecified atom stereocenters. The van der Waals surface area contributed by atoms with Crippen LogP contribution >= 0.6 is 0 Å². The summed E-state index contributed by atoms with van der Waals surface area (Å²) in [5.41, 5.74) is 1.67. The lowest BCUT2D eigenvalue weighted by atomic mass is 9.88. The van der Waals surface area contributed by atoms with Gasteiger partial charge in [0.25, 0.3) is 5.88 Å². The molecule has 0 saturated carbocycles. The Morgan fingerprint density at radius 2 is 1.64 bits per heavy atom. The summed E-state index contributed by atoms with van der Waals surface area (Å²) in [6, 6.07) is 4.46. The van der Waals surface area contributed by atoms with Gasteiger partial charge in [-0.2, -0.15) is 4.57 Å². The molecule has 0 amide bonds. The summed E-state index contributed by atoms with van der Waals surface area (Å²) in [5.74, 6) is 1.13. The number of rotatable bonds is 2. The minimum Gasteiger partial charge on any atom is -0.161 e. The molecule has 1 nitrogen and oxygen atoms in total. The van der Waals surface area contributed by atoms with Crippen LogP contribution in [0.5, 0.6) is 0 Å². The van der Waals surface area contributed by atoms with Gasteiger partial charge in [-0.1, -0.05) is 20.8 Å². The van der Waals surface area contributed by atoms with E-state index in [4.69, 9.17) is 0 Å². The van der Waals surface area contributed by atoms with E-state index in [0.29, 0.717) is 10.9 Å². The number of aromatic nitrogens is 1. The van der Waals surface area contributed by atoms with Crippen molar-refractivity contribution in [3.63, 3.8) is 0 Å². The molecule has 1 heterocycles. The molecular formula is C12H21NS+2. The fraction of sp³-hybridized carbons (Fsp3) is 0.583. The number of nitrogens with zero attached hydrogens (tertiary/aromatic N) is 1. The van der Waals surface area contributed by atoms with Crippen molar-refractivity contribution in [1.29, 1.82) is 0 Å². The van der Waals surface area contributed by atoms with Crippen molar-refractivity contribution in [2.75, 3.05) is 12.5 Å². The van der Waals surface area contributed by atoms with Crippen LogP contribution in [0.25, 0.3) is 0 Å². The predicted octanol–water partition coefficient (Wildman–Crippen LogP) is 2.11. The van der Waals surface area contributed by atoms with Crippen LogP contribution in [0.2, 0.25) is 0 Å². The van der Waals surface area contributed by atoms with Crippen molar-refractivity contribution in [3.8, 4) is 0 Å². The van der Waals surface area contributed by atoms with Crippen molar-refractivity contribution < 1.29 is 4.57 Å². The number of pyridine rings is 1. The molecule has 2 heteroatoms. The normalized spacial score (nSPS) is 12.1. The number of hydrogen-bond donors (Lipinski definition) is 0. The van der Waals surface area contributed by atoms with Gasteiger partial charge in [-0.25, -0.2) is 0 Å². The zero-order valence-electron chi connectivity index (χ0n) is 9.87. The van der Waals surface area contributed by atoms with Gasteiger partial charge in [-0.15, -0.1) is 0 Å². The second-order valence-corrected chi connectivity index (χ2v) is 7.20. The maximum atomic E-state index is 2.27. The molecule has 78 valence electrons. The van der Waals surface area contributed by atoms with Gasteiger partial charge in [0.2, 0.25) is 0 Å². The van der Waals surface area contributed by atoms with Crippen molar-refractivity contribution in [1.82, 2.24) is 0 Å². The Bertz CT molecular complexity index is 282. The third kappa shape index (κ3) is 3.33. The summed E-state index contributed by atoms with van der Waals surface area (Å²) >= 11 is 0. The number of hydrogen-bond acceptors (Lipinski definition) is 0. The molecular weight excluding hydrogens is 190 g/mol. The smallest absolute Gasteiger partial charge is 0.161 e. The summed E-state index contributed by atoms with van der Waals surface area (Å²) in [6.07, 6.45) is 8.91. The van der Waals surface area contributed by atoms with E-state index in [1.54, 1.807) is 0 Å². The Balaban J connectivity index is 2.79. The second kappa shape index (κ2) is 4.35. The molecule has 0 aliphatic carbocycles.